The van der Waals surface area contributed by atoms with Crippen molar-refractivity contribution in [3.63, 3.8) is 0 Å². The lowest BCUT2D eigenvalue weighted by atomic mass is 10.1. The van der Waals surface area contributed by atoms with Gasteiger partial charge in [-0.1, -0.05) is 54.4 Å². The minimum absolute atomic E-state index is 0.187. The van der Waals surface area contributed by atoms with Gasteiger partial charge in [0.25, 0.3) is 5.56 Å². The van der Waals surface area contributed by atoms with Gasteiger partial charge in [-0.25, -0.2) is 4.79 Å². The average molecular weight is 487 g/mol. The van der Waals surface area contributed by atoms with Gasteiger partial charge in [-0.05, 0) is 23.2 Å². The lowest BCUT2D eigenvalue weighted by molar-refractivity contribution is -0.0591. The van der Waals surface area contributed by atoms with Gasteiger partial charge in [0, 0.05) is 12.3 Å². The molecule has 2 aliphatic heterocycles. The molecule has 1 aromatic heterocycles. The summed E-state index contributed by atoms with van der Waals surface area (Å²) in [6.45, 7) is 13.1. The fourth-order valence-electron chi connectivity index (χ4n) is 4.73. The maximum absolute atomic E-state index is 12.4. The number of fused-ring (bicyclic) bond motifs is 1. The Balaban J connectivity index is 2.07. The van der Waals surface area contributed by atoms with E-state index in [9.17, 15) is 14.7 Å². The van der Waals surface area contributed by atoms with Gasteiger partial charge in [-0.3, -0.25) is 14.3 Å². The normalized spacial score (nSPS) is 34.3. The standard InChI is InChI=1S/C21H38N2O7Si2/c1-7-14(5)32(15(6)8-2)29-19-16(13-27-31(9-3,10-4)30-32)28-20(18(19)25)23-12-11-17(24)22-21(23)26/h11-12,14-16,18-20,25H,7-10,13H2,1-6H3,(H,22,24,26). The molecular formula is C21H38N2O7Si2. The highest BCUT2D eigenvalue weighted by Crippen LogP contribution is 2.47. The molecule has 0 spiro atoms. The summed E-state index contributed by atoms with van der Waals surface area (Å²) in [6, 6.07) is 2.84. The van der Waals surface area contributed by atoms with E-state index in [2.05, 4.69) is 46.5 Å². The first kappa shape index (κ1) is 25.5. The van der Waals surface area contributed by atoms with Crippen molar-refractivity contribution in [3.05, 3.63) is 33.1 Å². The largest absolute Gasteiger partial charge is 0.414 e. The topological polar surface area (TPSA) is 112 Å². The maximum atomic E-state index is 12.4. The monoisotopic (exact) mass is 486 g/mol. The van der Waals surface area contributed by atoms with Crippen molar-refractivity contribution in [3.8, 4) is 0 Å². The summed E-state index contributed by atoms with van der Waals surface area (Å²) < 4.78 is 27.8. The molecule has 2 N–H and O–H groups in total. The Morgan fingerprint density at radius 2 is 1.78 bits per heavy atom. The van der Waals surface area contributed by atoms with Crippen LogP contribution in [0.5, 0.6) is 0 Å². The van der Waals surface area contributed by atoms with Crippen LogP contribution in [0.2, 0.25) is 23.2 Å². The quantitative estimate of drug-likeness (QED) is 0.570. The van der Waals surface area contributed by atoms with Crippen LogP contribution in [0.4, 0.5) is 0 Å². The molecule has 2 fully saturated rings. The zero-order valence-electron chi connectivity index (χ0n) is 20.0. The van der Waals surface area contributed by atoms with E-state index >= 15 is 0 Å². The molecule has 0 saturated carbocycles. The third-order valence-corrected chi connectivity index (χ3v) is 17.1. The smallest absolute Gasteiger partial charge is 0.335 e. The SMILES string of the molecule is CCC(C)[Si]1(C(C)CC)OC2C(CO[Si](CC)(CC)O1)OC(n1ccc(=O)[nH]c1=O)C2O. The summed E-state index contributed by atoms with van der Waals surface area (Å²) in [5.74, 6) is 0. The average Bonchev–Trinajstić information content (AvgIpc) is 3.07. The number of aliphatic hydroxyl groups excluding tert-OH is 1. The van der Waals surface area contributed by atoms with Crippen molar-refractivity contribution in [2.75, 3.05) is 6.61 Å². The molecule has 6 unspecified atom stereocenters. The second-order valence-electron chi connectivity index (χ2n) is 9.03. The number of aromatic nitrogens is 2. The summed E-state index contributed by atoms with van der Waals surface area (Å²) in [5, 5.41) is 11.3. The molecule has 0 aromatic carbocycles. The summed E-state index contributed by atoms with van der Waals surface area (Å²) in [7, 11) is -5.43. The highest BCUT2D eigenvalue weighted by molar-refractivity contribution is 6.82. The van der Waals surface area contributed by atoms with Gasteiger partial charge >= 0.3 is 22.8 Å². The van der Waals surface area contributed by atoms with Crippen LogP contribution in [-0.2, 0) is 17.7 Å². The first-order valence-electron chi connectivity index (χ1n) is 11.8. The predicted octanol–water partition coefficient (Wildman–Crippen LogP) is 2.75. The molecule has 3 heterocycles. The van der Waals surface area contributed by atoms with Crippen LogP contribution < -0.4 is 11.2 Å². The molecule has 0 bridgehead atoms. The molecule has 182 valence electrons. The molecule has 0 radical (unpaired) electrons. The number of H-pyrrole nitrogens is 1. The summed E-state index contributed by atoms with van der Waals surface area (Å²) in [6.07, 6.45) is -0.172. The van der Waals surface area contributed by atoms with Crippen LogP contribution in [0.1, 0.15) is 60.6 Å². The number of aromatic amines is 1. The third kappa shape index (κ3) is 4.48. The molecule has 2 aliphatic rings. The van der Waals surface area contributed by atoms with Crippen molar-refractivity contribution in [1.82, 2.24) is 9.55 Å². The Labute approximate surface area is 191 Å². The zero-order chi connectivity index (χ0) is 23.7. The molecule has 3 rings (SSSR count). The van der Waals surface area contributed by atoms with E-state index in [4.69, 9.17) is 17.7 Å². The highest BCUT2D eigenvalue weighted by Gasteiger charge is 2.60. The van der Waals surface area contributed by atoms with E-state index in [1.165, 1.54) is 16.8 Å². The molecule has 11 heteroatoms. The van der Waals surface area contributed by atoms with E-state index in [-0.39, 0.29) is 17.7 Å². The van der Waals surface area contributed by atoms with E-state index in [1.807, 2.05) is 0 Å². The number of hydrogen-bond acceptors (Lipinski definition) is 7. The highest BCUT2D eigenvalue weighted by atomic mass is 28.5. The summed E-state index contributed by atoms with van der Waals surface area (Å²) in [4.78, 5) is 26.1. The Kier molecular flexibility index (Phi) is 8.01. The van der Waals surface area contributed by atoms with Gasteiger partial charge in [0.05, 0.1) is 6.61 Å². The number of nitrogens with zero attached hydrogens (tertiary/aromatic N) is 1. The van der Waals surface area contributed by atoms with Gasteiger partial charge in [-0.15, -0.1) is 0 Å². The Bertz CT molecular complexity index is 877. The number of rotatable bonds is 7. The molecule has 9 nitrogen and oxygen atoms in total. The van der Waals surface area contributed by atoms with Crippen molar-refractivity contribution < 1.29 is 22.8 Å². The fraction of sp³-hybridized carbons (Fsp3) is 0.810. The van der Waals surface area contributed by atoms with Crippen LogP contribution in [0.25, 0.3) is 0 Å². The van der Waals surface area contributed by atoms with Crippen LogP contribution in [0.15, 0.2) is 21.9 Å². The molecule has 32 heavy (non-hydrogen) atoms. The van der Waals surface area contributed by atoms with Gasteiger partial charge in [-0.2, -0.15) is 0 Å². The lowest BCUT2D eigenvalue weighted by Crippen LogP contribution is -2.64. The minimum atomic E-state index is -2.88. The van der Waals surface area contributed by atoms with Crippen molar-refractivity contribution in [2.24, 2.45) is 0 Å². The van der Waals surface area contributed by atoms with Crippen molar-refractivity contribution >= 4 is 17.1 Å². The molecular weight excluding hydrogens is 448 g/mol. The first-order chi connectivity index (χ1) is 15.2. The van der Waals surface area contributed by atoms with Crippen LogP contribution in [0, 0.1) is 0 Å². The molecule has 1 aromatic rings. The van der Waals surface area contributed by atoms with Gasteiger partial charge in [0.15, 0.2) is 6.23 Å². The predicted molar refractivity (Wildman–Crippen MR) is 125 cm³/mol. The Hall–Kier alpha value is -1.09. The van der Waals surface area contributed by atoms with E-state index in [0.717, 1.165) is 24.9 Å². The number of aliphatic hydroxyl groups is 1. The Morgan fingerprint density at radius 1 is 1.16 bits per heavy atom. The Morgan fingerprint density at radius 3 is 2.31 bits per heavy atom. The summed E-state index contributed by atoms with van der Waals surface area (Å²) >= 11 is 0. The molecule has 2 saturated heterocycles. The number of nitrogens with one attached hydrogen (secondary N) is 1. The van der Waals surface area contributed by atoms with Crippen LogP contribution >= 0.6 is 0 Å². The first-order valence-corrected chi connectivity index (χ1v) is 16.0. The second kappa shape index (κ2) is 10.0. The second-order valence-corrected chi connectivity index (χ2v) is 17.0. The number of ether oxygens (including phenoxy) is 1. The molecule has 6 atom stereocenters. The van der Waals surface area contributed by atoms with Crippen molar-refractivity contribution in [2.45, 2.75) is 102 Å². The maximum Gasteiger partial charge on any atom is 0.335 e. The van der Waals surface area contributed by atoms with Gasteiger partial charge in [0.1, 0.15) is 18.3 Å². The van der Waals surface area contributed by atoms with Crippen molar-refractivity contribution in [1.29, 1.82) is 0 Å². The fourth-order valence-corrected chi connectivity index (χ4v) is 14.9. The van der Waals surface area contributed by atoms with Crippen LogP contribution in [-0.4, -0.2) is 56.7 Å². The minimum Gasteiger partial charge on any atom is -0.414 e. The van der Waals surface area contributed by atoms with Crippen LogP contribution in [0.3, 0.4) is 0 Å². The molecule has 0 aliphatic carbocycles. The van der Waals surface area contributed by atoms with E-state index in [1.54, 1.807) is 0 Å². The third-order valence-electron chi connectivity index (χ3n) is 7.29. The lowest BCUT2D eigenvalue weighted by Gasteiger charge is -2.49. The molecule has 0 amide bonds. The van der Waals surface area contributed by atoms with Gasteiger partial charge in [0.2, 0.25) is 0 Å². The zero-order valence-corrected chi connectivity index (χ0v) is 22.0. The van der Waals surface area contributed by atoms with E-state index < -0.39 is 52.9 Å². The van der Waals surface area contributed by atoms with Gasteiger partial charge < -0.3 is 22.8 Å². The van der Waals surface area contributed by atoms with E-state index in [0.29, 0.717) is 0 Å². The number of hydrogen-bond donors (Lipinski definition) is 2. The summed E-state index contributed by atoms with van der Waals surface area (Å²) in [5.41, 5.74) is -0.760.